The fourth-order valence-corrected chi connectivity index (χ4v) is 3.98. The Morgan fingerprint density at radius 1 is 0.970 bits per heavy atom. The van der Waals surface area contributed by atoms with E-state index in [1.807, 2.05) is 67.6 Å². The van der Waals surface area contributed by atoms with Gasteiger partial charge in [-0.3, -0.25) is 14.8 Å². The van der Waals surface area contributed by atoms with Gasteiger partial charge in [0.2, 0.25) is 0 Å². The van der Waals surface area contributed by atoms with Crippen molar-refractivity contribution in [2.24, 2.45) is 0 Å². The van der Waals surface area contributed by atoms with Crippen LogP contribution in [-0.4, -0.2) is 35.6 Å². The van der Waals surface area contributed by atoms with Crippen LogP contribution in [-0.2, 0) is 17.8 Å². The number of benzene rings is 3. The van der Waals surface area contributed by atoms with Gasteiger partial charge in [-0.05, 0) is 65.9 Å². The maximum atomic E-state index is 13.7. The number of carbonyl (C=O) groups is 2. The van der Waals surface area contributed by atoms with Crippen LogP contribution in [0, 0.1) is 6.92 Å². The van der Waals surface area contributed by atoms with E-state index >= 15 is 0 Å². The van der Waals surface area contributed by atoms with E-state index in [9.17, 15) is 9.59 Å². The van der Waals surface area contributed by atoms with Crippen molar-refractivity contribution in [3.63, 3.8) is 0 Å². The maximum Gasteiger partial charge on any atom is 0.274 e. The Bertz CT molecular complexity index is 1200. The fourth-order valence-electron chi connectivity index (χ4n) is 3.98. The number of hydrogen-bond donors (Lipinski definition) is 2. The minimum atomic E-state index is -0.569. The van der Waals surface area contributed by atoms with Crippen LogP contribution in [0.1, 0.15) is 38.2 Å². The molecule has 0 spiro atoms. The molecule has 1 aliphatic rings. The SMILES string of the molecule is COc1ccc(/C=C(/C(=O)N2CCc3ccc(C(=O)NO)cc3C2)c2ccc(C)cc2)cc1. The Morgan fingerprint density at radius 3 is 2.33 bits per heavy atom. The van der Waals surface area contributed by atoms with E-state index in [0.29, 0.717) is 30.6 Å². The third kappa shape index (κ3) is 4.96. The second kappa shape index (κ2) is 9.71. The van der Waals surface area contributed by atoms with E-state index in [2.05, 4.69) is 0 Å². The van der Waals surface area contributed by atoms with Crippen LogP contribution in [0.4, 0.5) is 0 Å². The fraction of sp³-hybridized carbons (Fsp3) is 0.185. The zero-order valence-corrected chi connectivity index (χ0v) is 18.7. The van der Waals surface area contributed by atoms with Gasteiger partial charge in [-0.25, -0.2) is 5.48 Å². The number of fused-ring (bicyclic) bond motifs is 1. The molecule has 0 aliphatic carbocycles. The average molecular weight is 443 g/mol. The summed E-state index contributed by atoms with van der Waals surface area (Å²) in [7, 11) is 1.62. The van der Waals surface area contributed by atoms with Crippen molar-refractivity contribution in [3.05, 3.63) is 100 Å². The molecule has 1 heterocycles. The molecule has 3 aromatic rings. The molecule has 168 valence electrons. The quantitative estimate of drug-likeness (QED) is 0.268. The first kappa shape index (κ1) is 22.3. The standard InChI is InChI=1S/C27H26N2O4/c1-18-3-7-21(8-4-18)25(15-19-5-11-24(33-2)12-6-19)27(31)29-14-13-20-9-10-22(26(30)28-32)16-23(20)17-29/h3-12,15-16,32H,13-14,17H2,1-2H3,(H,28,30)/b25-15+. The third-order valence-corrected chi connectivity index (χ3v) is 5.89. The van der Waals surface area contributed by atoms with Crippen LogP contribution < -0.4 is 10.2 Å². The van der Waals surface area contributed by atoms with E-state index in [0.717, 1.165) is 33.6 Å². The molecule has 2 amide bonds. The Morgan fingerprint density at radius 2 is 1.67 bits per heavy atom. The molecule has 2 N–H and O–H groups in total. The summed E-state index contributed by atoms with van der Waals surface area (Å²) in [5.74, 6) is 0.115. The number of methoxy groups -OCH3 is 1. The number of hydroxylamine groups is 1. The minimum Gasteiger partial charge on any atom is -0.497 e. The molecule has 1 aliphatic heterocycles. The highest BCUT2D eigenvalue weighted by Gasteiger charge is 2.25. The van der Waals surface area contributed by atoms with Gasteiger partial charge in [-0.15, -0.1) is 0 Å². The first-order valence-corrected chi connectivity index (χ1v) is 10.8. The van der Waals surface area contributed by atoms with Crippen LogP contribution in [0.25, 0.3) is 11.6 Å². The monoisotopic (exact) mass is 442 g/mol. The lowest BCUT2D eigenvalue weighted by atomic mass is 9.95. The molecule has 3 aromatic carbocycles. The largest absolute Gasteiger partial charge is 0.497 e. The molecule has 0 bridgehead atoms. The predicted octanol–water partition coefficient (Wildman–Crippen LogP) is 4.25. The molecule has 6 heteroatoms. The Balaban J connectivity index is 1.67. The molecule has 6 nitrogen and oxygen atoms in total. The third-order valence-electron chi connectivity index (χ3n) is 5.89. The highest BCUT2D eigenvalue weighted by molar-refractivity contribution is 6.24. The van der Waals surface area contributed by atoms with Crippen molar-refractivity contribution in [3.8, 4) is 5.75 Å². The van der Waals surface area contributed by atoms with Crippen molar-refractivity contribution in [2.45, 2.75) is 19.9 Å². The summed E-state index contributed by atoms with van der Waals surface area (Å²) in [5, 5.41) is 8.94. The number of nitrogens with one attached hydrogen (secondary N) is 1. The van der Waals surface area contributed by atoms with Gasteiger partial charge in [0, 0.05) is 24.2 Å². The molecule has 0 saturated carbocycles. The summed E-state index contributed by atoms with van der Waals surface area (Å²) in [6.45, 7) is 3.00. The predicted molar refractivity (Wildman–Crippen MR) is 127 cm³/mol. The van der Waals surface area contributed by atoms with Gasteiger partial charge in [0.15, 0.2) is 0 Å². The molecule has 0 radical (unpaired) electrons. The number of aryl methyl sites for hydroxylation is 1. The number of nitrogens with zero attached hydrogens (tertiary/aromatic N) is 1. The van der Waals surface area contributed by atoms with Crippen molar-refractivity contribution >= 4 is 23.5 Å². The second-order valence-electron chi connectivity index (χ2n) is 8.10. The van der Waals surface area contributed by atoms with Gasteiger partial charge in [0.05, 0.1) is 7.11 Å². The molecule has 0 saturated heterocycles. The summed E-state index contributed by atoms with van der Waals surface area (Å²) >= 11 is 0. The minimum absolute atomic E-state index is 0.0719. The first-order chi connectivity index (χ1) is 16.0. The lowest BCUT2D eigenvalue weighted by Gasteiger charge is -2.30. The van der Waals surface area contributed by atoms with Crippen LogP contribution in [0.3, 0.4) is 0 Å². The van der Waals surface area contributed by atoms with Crippen molar-refractivity contribution in [2.75, 3.05) is 13.7 Å². The molecular weight excluding hydrogens is 416 g/mol. The van der Waals surface area contributed by atoms with Gasteiger partial charge in [-0.1, -0.05) is 48.0 Å². The molecule has 0 atom stereocenters. The molecule has 0 fully saturated rings. The highest BCUT2D eigenvalue weighted by atomic mass is 16.5. The molecule has 0 unspecified atom stereocenters. The number of carbonyl (C=O) groups excluding carboxylic acids is 2. The second-order valence-corrected chi connectivity index (χ2v) is 8.10. The first-order valence-electron chi connectivity index (χ1n) is 10.8. The zero-order chi connectivity index (χ0) is 23.4. The van der Waals surface area contributed by atoms with E-state index in [4.69, 9.17) is 9.94 Å². The lowest BCUT2D eigenvalue weighted by molar-refractivity contribution is -0.125. The molecule has 33 heavy (non-hydrogen) atoms. The van der Waals surface area contributed by atoms with Crippen LogP contribution in [0.15, 0.2) is 66.7 Å². The van der Waals surface area contributed by atoms with Gasteiger partial charge in [0.1, 0.15) is 5.75 Å². The molecule has 4 rings (SSSR count). The zero-order valence-electron chi connectivity index (χ0n) is 18.7. The number of rotatable bonds is 5. The molecular formula is C27H26N2O4. The average Bonchev–Trinajstić information content (AvgIpc) is 2.86. The summed E-state index contributed by atoms with van der Waals surface area (Å²) in [5.41, 5.74) is 7.51. The van der Waals surface area contributed by atoms with E-state index in [1.165, 1.54) is 0 Å². The van der Waals surface area contributed by atoms with Crippen LogP contribution in [0.2, 0.25) is 0 Å². The summed E-state index contributed by atoms with van der Waals surface area (Å²) in [4.78, 5) is 27.3. The Labute approximate surface area is 193 Å². The lowest BCUT2D eigenvalue weighted by Crippen LogP contribution is -2.36. The summed E-state index contributed by atoms with van der Waals surface area (Å²) in [6, 6.07) is 20.8. The highest BCUT2D eigenvalue weighted by Crippen LogP contribution is 2.27. The summed E-state index contributed by atoms with van der Waals surface area (Å²) in [6.07, 6.45) is 2.60. The van der Waals surface area contributed by atoms with Gasteiger partial charge >= 0.3 is 0 Å². The number of amides is 2. The van der Waals surface area contributed by atoms with Crippen molar-refractivity contribution in [1.29, 1.82) is 0 Å². The smallest absolute Gasteiger partial charge is 0.274 e. The molecule has 0 aromatic heterocycles. The number of ether oxygens (including phenoxy) is 1. The van der Waals surface area contributed by atoms with Crippen LogP contribution in [0.5, 0.6) is 5.75 Å². The maximum absolute atomic E-state index is 13.7. The van der Waals surface area contributed by atoms with Crippen molar-refractivity contribution in [1.82, 2.24) is 10.4 Å². The number of hydrogen-bond acceptors (Lipinski definition) is 4. The Hall–Kier alpha value is -3.90. The van der Waals surface area contributed by atoms with Crippen LogP contribution >= 0.6 is 0 Å². The Kier molecular flexibility index (Phi) is 6.56. The normalized spacial score (nSPS) is 13.3. The van der Waals surface area contributed by atoms with E-state index in [1.54, 1.807) is 29.6 Å². The van der Waals surface area contributed by atoms with E-state index < -0.39 is 5.91 Å². The van der Waals surface area contributed by atoms with Gasteiger partial charge in [-0.2, -0.15) is 0 Å². The van der Waals surface area contributed by atoms with E-state index in [-0.39, 0.29) is 5.91 Å². The van der Waals surface area contributed by atoms with Crippen molar-refractivity contribution < 1.29 is 19.5 Å². The van der Waals surface area contributed by atoms with Gasteiger partial charge < -0.3 is 9.64 Å². The van der Waals surface area contributed by atoms with Gasteiger partial charge in [0.25, 0.3) is 11.8 Å². The summed E-state index contributed by atoms with van der Waals surface area (Å²) < 4.78 is 5.24. The topological polar surface area (TPSA) is 78.9 Å².